The van der Waals surface area contributed by atoms with E-state index in [0.29, 0.717) is 23.9 Å². The second-order valence-corrected chi connectivity index (χ2v) is 8.87. The van der Waals surface area contributed by atoms with Gasteiger partial charge < -0.3 is 15.0 Å². The number of aryl methyl sites for hydroxylation is 2. The molecule has 2 saturated heterocycles. The number of hydrogen-bond acceptors (Lipinski definition) is 5. The Morgan fingerprint density at radius 2 is 1.94 bits per heavy atom. The number of nitrogens with one attached hydrogen (secondary N) is 1. The minimum absolute atomic E-state index is 0.0822. The maximum atomic E-state index is 14.1. The Bertz CT molecular complexity index is 1180. The van der Waals surface area contributed by atoms with Crippen LogP contribution in [0.15, 0.2) is 41.3 Å². The van der Waals surface area contributed by atoms with Gasteiger partial charge in [0.1, 0.15) is 12.0 Å². The molecule has 3 aromatic rings. The van der Waals surface area contributed by atoms with Crippen LogP contribution in [0, 0.1) is 18.7 Å². The van der Waals surface area contributed by atoms with Gasteiger partial charge >= 0.3 is 0 Å². The summed E-state index contributed by atoms with van der Waals surface area (Å²) in [5, 5.41) is 11.7. The van der Waals surface area contributed by atoms with Gasteiger partial charge in [0.25, 0.3) is 5.56 Å². The van der Waals surface area contributed by atoms with Crippen molar-refractivity contribution >= 4 is 16.5 Å². The molecule has 8 heteroatoms. The second-order valence-electron chi connectivity index (χ2n) is 8.87. The van der Waals surface area contributed by atoms with Crippen molar-refractivity contribution in [3.05, 3.63) is 69.9 Å². The first kappa shape index (κ1) is 21.0. The molecule has 5 rings (SSSR count). The van der Waals surface area contributed by atoms with E-state index in [1.807, 2.05) is 13.0 Å². The molecule has 0 radical (unpaired) electrons. The summed E-state index contributed by atoms with van der Waals surface area (Å²) in [6.07, 6.45) is 3.89. The number of hydrogen-bond donors (Lipinski definition) is 2. The molecule has 0 saturated carbocycles. The Morgan fingerprint density at radius 3 is 2.62 bits per heavy atom. The molecule has 32 heavy (non-hydrogen) atoms. The van der Waals surface area contributed by atoms with E-state index in [9.17, 15) is 18.7 Å². The lowest BCUT2D eigenvalue weighted by atomic mass is 10.0. The van der Waals surface area contributed by atoms with E-state index in [-0.39, 0.29) is 17.5 Å². The Morgan fingerprint density at radius 1 is 1.19 bits per heavy atom. The fourth-order valence-corrected chi connectivity index (χ4v) is 5.29. The predicted molar refractivity (Wildman–Crippen MR) is 119 cm³/mol. The van der Waals surface area contributed by atoms with Crippen LogP contribution in [0.25, 0.3) is 10.8 Å². The maximum Gasteiger partial charge on any atom is 0.259 e. The van der Waals surface area contributed by atoms with Crippen LogP contribution in [0.5, 0.6) is 0 Å². The summed E-state index contributed by atoms with van der Waals surface area (Å²) in [6.45, 7) is 3.37. The third kappa shape index (κ3) is 3.78. The van der Waals surface area contributed by atoms with Gasteiger partial charge in [0, 0.05) is 30.9 Å². The number of halogens is 2. The first-order chi connectivity index (χ1) is 15.4. The molecule has 3 unspecified atom stereocenters. The van der Waals surface area contributed by atoms with E-state index in [2.05, 4.69) is 19.8 Å². The molecule has 2 fully saturated rings. The van der Waals surface area contributed by atoms with Gasteiger partial charge in [0.05, 0.1) is 17.3 Å². The quantitative estimate of drug-likeness (QED) is 0.597. The number of aromatic nitrogens is 2. The zero-order valence-electron chi connectivity index (χ0n) is 17.9. The summed E-state index contributed by atoms with van der Waals surface area (Å²) in [5.74, 6) is -1.01. The summed E-state index contributed by atoms with van der Waals surface area (Å²) < 4.78 is 27.2. The summed E-state index contributed by atoms with van der Waals surface area (Å²) in [7, 11) is 0. The Kier molecular flexibility index (Phi) is 5.43. The smallest absolute Gasteiger partial charge is 0.259 e. The van der Waals surface area contributed by atoms with Gasteiger partial charge in [-0.3, -0.25) is 9.69 Å². The lowest BCUT2D eigenvalue weighted by molar-refractivity contribution is -0.0403. The average Bonchev–Trinajstić information content (AvgIpc) is 3.04. The molecule has 6 nitrogen and oxygen atoms in total. The van der Waals surface area contributed by atoms with Crippen molar-refractivity contribution in [2.45, 2.75) is 50.9 Å². The molecule has 2 aliphatic rings. The number of aromatic amines is 1. The van der Waals surface area contributed by atoms with Crippen molar-refractivity contribution in [3.63, 3.8) is 0 Å². The number of piperazine rings is 1. The lowest BCUT2D eigenvalue weighted by Crippen LogP contribution is -2.57. The number of rotatable bonds is 5. The monoisotopic (exact) mass is 440 g/mol. The van der Waals surface area contributed by atoms with Gasteiger partial charge in [-0.1, -0.05) is 6.07 Å². The van der Waals surface area contributed by atoms with Crippen LogP contribution in [0.2, 0.25) is 0 Å². The highest BCUT2D eigenvalue weighted by molar-refractivity contribution is 5.85. The van der Waals surface area contributed by atoms with Crippen LogP contribution in [-0.4, -0.2) is 51.4 Å². The Hall–Kier alpha value is -2.84. The normalized spacial score (nSPS) is 21.9. The highest BCUT2D eigenvalue weighted by Crippen LogP contribution is 2.34. The maximum absolute atomic E-state index is 14.1. The van der Waals surface area contributed by atoms with Gasteiger partial charge in [-0.2, -0.15) is 4.39 Å². The average molecular weight is 440 g/mol. The van der Waals surface area contributed by atoms with Gasteiger partial charge in [-0.05, 0) is 67.8 Å². The van der Waals surface area contributed by atoms with Crippen molar-refractivity contribution in [1.82, 2.24) is 14.9 Å². The summed E-state index contributed by atoms with van der Waals surface area (Å²) >= 11 is 0. The van der Waals surface area contributed by atoms with E-state index in [1.54, 1.807) is 18.3 Å². The third-order valence-corrected chi connectivity index (χ3v) is 6.86. The molecule has 2 aliphatic heterocycles. The van der Waals surface area contributed by atoms with Crippen molar-refractivity contribution in [2.24, 2.45) is 0 Å². The fraction of sp³-hybridized carbons (Fsp3) is 0.417. The number of aliphatic hydroxyl groups excluding tert-OH is 1. The van der Waals surface area contributed by atoms with Crippen LogP contribution in [0.3, 0.4) is 0 Å². The first-order valence-corrected chi connectivity index (χ1v) is 11.0. The number of fused-ring (bicyclic) bond motifs is 3. The Labute approximate surface area is 184 Å². The molecule has 168 valence electrons. The third-order valence-electron chi connectivity index (χ3n) is 6.86. The zero-order chi connectivity index (χ0) is 22.4. The van der Waals surface area contributed by atoms with Crippen LogP contribution in [-0.2, 0) is 6.42 Å². The molecule has 2 bridgehead atoms. The van der Waals surface area contributed by atoms with E-state index >= 15 is 0 Å². The number of anilines is 1. The number of pyridine rings is 2. The minimum atomic E-state index is -0.631. The van der Waals surface area contributed by atoms with Crippen molar-refractivity contribution in [1.29, 1.82) is 0 Å². The van der Waals surface area contributed by atoms with E-state index < -0.39 is 23.6 Å². The van der Waals surface area contributed by atoms with Crippen LogP contribution in [0.4, 0.5) is 14.5 Å². The highest BCUT2D eigenvalue weighted by Gasteiger charge is 2.42. The van der Waals surface area contributed by atoms with E-state index in [0.717, 1.165) is 37.2 Å². The van der Waals surface area contributed by atoms with Gasteiger partial charge in [-0.25, -0.2) is 9.37 Å². The number of H-pyrrole nitrogens is 1. The second kappa shape index (κ2) is 8.26. The SMILES string of the molecule is Cc1ccc(F)c2c(=O)[nH]c(CCC(O)N3C4CCC3CN(c3ccc(F)nc3)C4)cc12. The summed E-state index contributed by atoms with van der Waals surface area (Å²) in [4.78, 5) is 23.3. The molecule has 0 aliphatic carbocycles. The molecule has 0 amide bonds. The molecule has 3 atom stereocenters. The predicted octanol–water partition coefficient (Wildman–Crippen LogP) is 3.11. The number of nitrogens with zero attached hydrogens (tertiary/aromatic N) is 3. The molecule has 1 aromatic carbocycles. The number of aliphatic hydroxyl groups is 1. The molecule has 0 spiro atoms. The van der Waals surface area contributed by atoms with Crippen molar-refractivity contribution in [3.8, 4) is 0 Å². The van der Waals surface area contributed by atoms with Crippen LogP contribution < -0.4 is 10.5 Å². The van der Waals surface area contributed by atoms with Gasteiger partial charge in [0.2, 0.25) is 5.95 Å². The van der Waals surface area contributed by atoms with Crippen molar-refractivity contribution in [2.75, 3.05) is 18.0 Å². The molecule has 2 aromatic heterocycles. The summed E-state index contributed by atoms with van der Waals surface area (Å²) in [6, 6.07) is 8.33. The topological polar surface area (TPSA) is 72.5 Å². The fourth-order valence-electron chi connectivity index (χ4n) is 5.29. The standard InChI is InChI=1S/C24H26F2N4O2/c1-14-2-7-20(25)23-19(14)10-15(28-24(23)32)3-9-22(31)30-17-4-5-18(30)13-29(12-17)16-6-8-21(26)27-11-16/h2,6-8,10-11,17-18,22,31H,3-5,9,12-13H2,1H3,(H,28,32). The minimum Gasteiger partial charge on any atom is -0.378 e. The molecule has 2 N–H and O–H groups in total. The molecular weight excluding hydrogens is 414 g/mol. The highest BCUT2D eigenvalue weighted by atomic mass is 19.1. The largest absolute Gasteiger partial charge is 0.378 e. The summed E-state index contributed by atoms with van der Waals surface area (Å²) in [5.41, 5.74) is 2.00. The van der Waals surface area contributed by atoms with E-state index in [4.69, 9.17) is 0 Å². The molecular formula is C24H26F2N4O2. The zero-order valence-corrected chi connectivity index (χ0v) is 17.9. The Balaban J connectivity index is 1.28. The van der Waals surface area contributed by atoms with Gasteiger partial charge in [-0.15, -0.1) is 0 Å². The number of benzene rings is 1. The lowest BCUT2D eigenvalue weighted by Gasteiger charge is -2.44. The van der Waals surface area contributed by atoms with Crippen LogP contribution in [0.1, 0.15) is 30.5 Å². The molecule has 4 heterocycles. The van der Waals surface area contributed by atoms with Crippen LogP contribution >= 0.6 is 0 Å². The first-order valence-electron chi connectivity index (χ1n) is 11.0. The van der Waals surface area contributed by atoms with E-state index in [1.165, 1.54) is 12.1 Å². The van der Waals surface area contributed by atoms with Crippen molar-refractivity contribution < 1.29 is 13.9 Å². The van der Waals surface area contributed by atoms with Gasteiger partial charge in [0.15, 0.2) is 0 Å².